The Morgan fingerprint density at radius 3 is 2.50 bits per heavy atom. The molecule has 1 rings (SSSR count). The van der Waals surface area contributed by atoms with E-state index in [1.165, 1.54) is 30.4 Å². The van der Waals surface area contributed by atoms with Crippen LogP contribution < -0.4 is 0 Å². The summed E-state index contributed by atoms with van der Waals surface area (Å²) in [5, 5.41) is 0. The number of hydrogen-bond acceptors (Lipinski definition) is 1. The zero-order valence-electron chi connectivity index (χ0n) is 11.2. The van der Waals surface area contributed by atoms with Gasteiger partial charge in [0.1, 0.15) is 0 Å². The lowest BCUT2D eigenvalue weighted by Gasteiger charge is -2.36. The molecule has 1 aliphatic heterocycles. The van der Waals surface area contributed by atoms with Gasteiger partial charge in [-0.2, -0.15) is 0 Å². The molecule has 16 heavy (non-hydrogen) atoms. The van der Waals surface area contributed by atoms with Gasteiger partial charge in [-0.25, -0.2) is 0 Å². The molecule has 1 saturated heterocycles. The minimum Gasteiger partial charge on any atom is -0.339 e. The molecule has 0 aromatic carbocycles. The first-order chi connectivity index (χ1) is 7.56. The molecule has 0 aromatic rings. The molecule has 1 heterocycles. The molecule has 2 nitrogen and oxygen atoms in total. The Labute approximate surface area is 99.7 Å². The maximum absolute atomic E-state index is 11.8. The van der Waals surface area contributed by atoms with Crippen LogP contribution in [-0.4, -0.2) is 23.4 Å². The van der Waals surface area contributed by atoms with E-state index >= 15 is 0 Å². The highest BCUT2D eigenvalue weighted by atomic mass is 16.2. The van der Waals surface area contributed by atoms with E-state index in [-0.39, 0.29) is 0 Å². The number of allylic oxidation sites excluding steroid dienone is 1. The Morgan fingerprint density at radius 2 is 1.94 bits per heavy atom. The highest BCUT2D eigenvalue weighted by Gasteiger charge is 2.25. The van der Waals surface area contributed by atoms with Crippen molar-refractivity contribution in [2.45, 2.75) is 65.8 Å². The van der Waals surface area contributed by atoms with E-state index in [1.807, 2.05) is 6.92 Å². The molecule has 1 atom stereocenters. The van der Waals surface area contributed by atoms with Gasteiger partial charge >= 0.3 is 0 Å². The second-order valence-corrected chi connectivity index (χ2v) is 5.07. The minimum atomic E-state index is 0.325. The van der Waals surface area contributed by atoms with Crippen molar-refractivity contribution in [3.63, 3.8) is 0 Å². The molecule has 0 bridgehead atoms. The van der Waals surface area contributed by atoms with Crippen molar-refractivity contribution in [2.24, 2.45) is 0 Å². The Balaban J connectivity index is 2.67. The third-order valence-corrected chi connectivity index (χ3v) is 3.65. The third-order valence-electron chi connectivity index (χ3n) is 3.65. The monoisotopic (exact) mass is 223 g/mol. The van der Waals surface area contributed by atoms with Gasteiger partial charge in [0, 0.05) is 19.0 Å². The lowest BCUT2D eigenvalue weighted by molar-refractivity contribution is -0.134. The Morgan fingerprint density at radius 1 is 1.25 bits per heavy atom. The maximum Gasteiger partial charge on any atom is 0.222 e. The van der Waals surface area contributed by atoms with Gasteiger partial charge in [0.25, 0.3) is 0 Å². The van der Waals surface area contributed by atoms with Crippen LogP contribution in [0.5, 0.6) is 0 Å². The highest BCUT2D eigenvalue weighted by molar-refractivity contribution is 5.76. The molecule has 1 unspecified atom stereocenters. The molecule has 0 spiro atoms. The topological polar surface area (TPSA) is 20.3 Å². The normalized spacial score (nSPS) is 20.8. The molecular weight excluding hydrogens is 198 g/mol. The molecule has 2 heteroatoms. The predicted octanol–water partition coefficient (Wildman–Crippen LogP) is 3.52. The number of piperidine rings is 1. The summed E-state index contributed by atoms with van der Waals surface area (Å²) < 4.78 is 0. The van der Waals surface area contributed by atoms with Crippen molar-refractivity contribution in [3.05, 3.63) is 11.1 Å². The number of hydrogen-bond donors (Lipinski definition) is 0. The molecule has 0 saturated carbocycles. The second kappa shape index (κ2) is 6.07. The Hall–Kier alpha value is -0.790. The van der Waals surface area contributed by atoms with Crippen molar-refractivity contribution < 1.29 is 4.79 Å². The van der Waals surface area contributed by atoms with Gasteiger partial charge in [0.2, 0.25) is 5.91 Å². The first kappa shape index (κ1) is 13.3. The molecule has 0 radical (unpaired) electrons. The fraction of sp³-hybridized carbons (Fsp3) is 0.786. The standard InChI is InChI=1S/C14H25NO/c1-5-14(16)15-9-7-6-8-13(15)10-12(4)11(2)3/h13H,5-10H2,1-4H3. The van der Waals surface area contributed by atoms with Crippen molar-refractivity contribution in [1.82, 2.24) is 4.90 Å². The summed E-state index contributed by atoms with van der Waals surface area (Å²) in [5.74, 6) is 0.325. The first-order valence-electron chi connectivity index (χ1n) is 6.48. The summed E-state index contributed by atoms with van der Waals surface area (Å²) in [6.45, 7) is 9.43. The summed E-state index contributed by atoms with van der Waals surface area (Å²) in [5.41, 5.74) is 2.84. The fourth-order valence-corrected chi connectivity index (χ4v) is 2.30. The van der Waals surface area contributed by atoms with Crippen LogP contribution in [0.4, 0.5) is 0 Å². The lowest BCUT2D eigenvalue weighted by atomic mass is 9.94. The van der Waals surface area contributed by atoms with Crippen LogP contribution in [0.2, 0.25) is 0 Å². The van der Waals surface area contributed by atoms with Crippen LogP contribution in [0.25, 0.3) is 0 Å². The summed E-state index contributed by atoms with van der Waals surface area (Å²) in [7, 11) is 0. The number of carbonyl (C=O) groups is 1. The zero-order valence-corrected chi connectivity index (χ0v) is 11.2. The number of carbonyl (C=O) groups excluding carboxylic acids is 1. The van der Waals surface area contributed by atoms with Gasteiger partial charge in [0.05, 0.1) is 0 Å². The number of likely N-dealkylation sites (tertiary alicyclic amines) is 1. The zero-order chi connectivity index (χ0) is 12.1. The average Bonchev–Trinajstić information content (AvgIpc) is 2.28. The third kappa shape index (κ3) is 3.36. The molecule has 1 fully saturated rings. The van der Waals surface area contributed by atoms with Crippen LogP contribution >= 0.6 is 0 Å². The van der Waals surface area contributed by atoms with Gasteiger partial charge in [-0.15, -0.1) is 0 Å². The lowest BCUT2D eigenvalue weighted by Crippen LogP contribution is -2.43. The molecule has 0 aliphatic carbocycles. The van der Waals surface area contributed by atoms with Gasteiger partial charge < -0.3 is 4.90 Å². The van der Waals surface area contributed by atoms with Crippen LogP contribution in [0.1, 0.15) is 59.8 Å². The Bertz CT molecular complexity index is 276. The smallest absolute Gasteiger partial charge is 0.222 e. The minimum absolute atomic E-state index is 0.325. The van der Waals surface area contributed by atoms with Crippen molar-refractivity contribution in [2.75, 3.05) is 6.54 Å². The number of amides is 1. The number of nitrogens with zero attached hydrogens (tertiary/aromatic N) is 1. The van der Waals surface area contributed by atoms with E-state index in [1.54, 1.807) is 0 Å². The largest absolute Gasteiger partial charge is 0.339 e. The maximum atomic E-state index is 11.8. The van der Waals surface area contributed by atoms with E-state index in [9.17, 15) is 4.79 Å². The molecule has 92 valence electrons. The van der Waals surface area contributed by atoms with Crippen molar-refractivity contribution >= 4 is 5.91 Å². The van der Waals surface area contributed by atoms with Crippen LogP contribution in [0.15, 0.2) is 11.1 Å². The van der Waals surface area contributed by atoms with Crippen molar-refractivity contribution in [1.29, 1.82) is 0 Å². The van der Waals surface area contributed by atoms with Crippen LogP contribution in [0, 0.1) is 0 Å². The van der Waals surface area contributed by atoms with E-state index in [2.05, 4.69) is 25.7 Å². The molecule has 1 aliphatic rings. The molecule has 0 N–H and O–H groups in total. The van der Waals surface area contributed by atoms with Crippen LogP contribution in [-0.2, 0) is 4.79 Å². The average molecular weight is 223 g/mol. The summed E-state index contributed by atoms with van der Waals surface area (Å²) >= 11 is 0. The number of rotatable bonds is 3. The quantitative estimate of drug-likeness (QED) is 0.670. The second-order valence-electron chi connectivity index (χ2n) is 5.07. The van der Waals surface area contributed by atoms with Crippen LogP contribution in [0.3, 0.4) is 0 Å². The summed E-state index contributed by atoms with van der Waals surface area (Å²) in [6.07, 6.45) is 5.33. The van der Waals surface area contributed by atoms with E-state index in [0.717, 1.165) is 13.0 Å². The first-order valence-corrected chi connectivity index (χ1v) is 6.48. The van der Waals surface area contributed by atoms with Gasteiger partial charge in [-0.3, -0.25) is 4.79 Å². The molecule has 0 aromatic heterocycles. The Kier molecular flexibility index (Phi) is 5.04. The fourth-order valence-electron chi connectivity index (χ4n) is 2.30. The summed E-state index contributed by atoms with van der Waals surface area (Å²) in [6, 6.07) is 0.455. The predicted molar refractivity (Wildman–Crippen MR) is 68.3 cm³/mol. The van der Waals surface area contributed by atoms with Crippen molar-refractivity contribution in [3.8, 4) is 0 Å². The van der Waals surface area contributed by atoms with E-state index < -0.39 is 0 Å². The SMILES string of the molecule is CCC(=O)N1CCCCC1CC(C)=C(C)C. The highest BCUT2D eigenvalue weighted by Crippen LogP contribution is 2.24. The van der Waals surface area contributed by atoms with Gasteiger partial charge in [0.15, 0.2) is 0 Å². The van der Waals surface area contributed by atoms with E-state index in [4.69, 9.17) is 0 Å². The van der Waals surface area contributed by atoms with Gasteiger partial charge in [-0.05, 0) is 46.5 Å². The van der Waals surface area contributed by atoms with Gasteiger partial charge in [-0.1, -0.05) is 18.1 Å². The summed E-state index contributed by atoms with van der Waals surface area (Å²) in [4.78, 5) is 13.9. The van der Waals surface area contributed by atoms with E-state index in [0.29, 0.717) is 18.4 Å². The molecule has 1 amide bonds. The molecular formula is C14H25NO.